The minimum atomic E-state index is -0.400. The van der Waals surface area contributed by atoms with Crippen molar-refractivity contribution in [1.29, 1.82) is 0 Å². The summed E-state index contributed by atoms with van der Waals surface area (Å²) in [6, 6.07) is 8.80. The summed E-state index contributed by atoms with van der Waals surface area (Å²) >= 11 is 1.52. The van der Waals surface area contributed by atoms with Crippen molar-refractivity contribution in [3.8, 4) is 0 Å². The van der Waals surface area contributed by atoms with E-state index in [0.29, 0.717) is 35.2 Å². The summed E-state index contributed by atoms with van der Waals surface area (Å²) < 4.78 is 8.81. The van der Waals surface area contributed by atoms with Crippen molar-refractivity contribution in [3.63, 3.8) is 0 Å². The molecule has 2 aliphatic rings. The Balaban J connectivity index is 1.71. The first-order valence-electron chi connectivity index (χ1n) is 11.4. The molecular formula is C25H28N2O4S. The van der Waals surface area contributed by atoms with Crippen LogP contribution in [0.2, 0.25) is 0 Å². The molecule has 1 aliphatic heterocycles. The van der Waals surface area contributed by atoms with E-state index in [-0.39, 0.29) is 29.6 Å². The summed E-state index contributed by atoms with van der Waals surface area (Å²) in [5.41, 5.74) is 0.673. The highest BCUT2D eigenvalue weighted by Gasteiger charge is 2.33. The highest BCUT2D eigenvalue weighted by atomic mass is 32.1. The van der Waals surface area contributed by atoms with Gasteiger partial charge in [0.05, 0.1) is 17.5 Å². The quantitative estimate of drug-likeness (QED) is 0.559. The summed E-state index contributed by atoms with van der Waals surface area (Å²) in [5.74, 6) is -0.127. The Kier molecular flexibility index (Phi) is 5.42. The van der Waals surface area contributed by atoms with E-state index >= 15 is 0 Å². The van der Waals surface area contributed by atoms with Gasteiger partial charge in [-0.05, 0) is 57.9 Å². The zero-order chi connectivity index (χ0) is 22.5. The van der Waals surface area contributed by atoms with Gasteiger partial charge in [-0.1, -0.05) is 30.3 Å². The number of Topliss-reactive ketones (excluding diaryl/α,β-unsaturated/α-hetero) is 1. The van der Waals surface area contributed by atoms with Crippen LogP contribution >= 0.6 is 11.3 Å². The standard InChI is InChI=1S/C25H28N2O4S/c1-25(2)14-17(12-13-31-25)27-22(29)21-18-10-6-7-11-20(18)32-23(21)26(24(27)30)15-19(28)16-8-4-3-5-9-16/h3-5,8-9,17H,6-7,10-15H2,1-2H3. The van der Waals surface area contributed by atoms with Gasteiger partial charge in [-0.25, -0.2) is 4.79 Å². The molecule has 7 heteroatoms. The van der Waals surface area contributed by atoms with Crippen LogP contribution in [-0.2, 0) is 24.1 Å². The van der Waals surface area contributed by atoms with Gasteiger partial charge in [0.2, 0.25) is 0 Å². The van der Waals surface area contributed by atoms with E-state index in [0.717, 1.165) is 31.2 Å². The Bertz CT molecular complexity index is 1300. The van der Waals surface area contributed by atoms with E-state index in [2.05, 4.69) is 0 Å². The van der Waals surface area contributed by atoms with Crippen molar-refractivity contribution < 1.29 is 9.53 Å². The SMILES string of the molecule is CC1(C)CC(n2c(=O)c3c4c(sc3n(CC(=O)c3ccccc3)c2=O)CCCC4)CCO1. The first-order chi connectivity index (χ1) is 15.4. The normalized spacial score (nSPS) is 20.2. The molecule has 0 radical (unpaired) electrons. The Morgan fingerprint density at radius 1 is 1.16 bits per heavy atom. The van der Waals surface area contributed by atoms with Gasteiger partial charge in [0.1, 0.15) is 4.83 Å². The summed E-state index contributed by atoms with van der Waals surface area (Å²) in [4.78, 5) is 42.4. The molecule has 0 amide bonds. The van der Waals surface area contributed by atoms with E-state index in [1.165, 1.54) is 20.8 Å². The number of fused-ring (bicyclic) bond motifs is 3. The summed E-state index contributed by atoms with van der Waals surface area (Å²) in [6.07, 6.45) is 5.13. The van der Waals surface area contributed by atoms with Crippen LogP contribution < -0.4 is 11.2 Å². The van der Waals surface area contributed by atoms with Gasteiger partial charge in [-0.15, -0.1) is 11.3 Å². The summed E-state index contributed by atoms with van der Waals surface area (Å²) in [5, 5.41) is 0.648. The highest BCUT2D eigenvalue weighted by molar-refractivity contribution is 7.18. The lowest BCUT2D eigenvalue weighted by molar-refractivity contribution is -0.0702. The van der Waals surface area contributed by atoms with Crippen molar-refractivity contribution in [3.05, 3.63) is 67.2 Å². The lowest BCUT2D eigenvalue weighted by Crippen LogP contribution is -2.47. The van der Waals surface area contributed by atoms with Crippen molar-refractivity contribution in [1.82, 2.24) is 9.13 Å². The van der Waals surface area contributed by atoms with E-state index < -0.39 is 5.60 Å². The average molecular weight is 453 g/mol. The number of carbonyl (C=O) groups excluding carboxylic acids is 1. The number of thiophene rings is 1. The maximum absolute atomic E-state index is 13.7. The largest absolute Gasteiger partial charge is 0.375 e. The van der Waals surface area contributed by atoms with Crippen molar-refractivity contribution in [2.45, 2.75) is 70.6 Å². The van der Waals surface area contributed by atoms with Crippen LogP contribution in [0, 0.1) is 0 Å². The third kappa shape index (κ3) is 3.67. The molecule has 3 heterocycles. The van der Waals surface area contributed by atoms with Gasteiger partial charge in [0.25, 0.3) is 5.56 Å². The molecule has 3 aromatic rings. The van der Waals surface area contributed by atoms with Crippen LogP contribution in [0.4, 0.5) is 0 Å². The fourth-order valence-corrected chi connectivity index (χ4v) is 6.50. The molecule has 1 unspecified atom stereocenters. The zero-order valence-electron chi connectivity index (χ0n) is 18.6. The summed E-state index contributed by atoms with van der Waals surface area (Å²) in [7, 11) is 0. The van der Waals surface area contributed by atoms with Crippen LogP contribution in [-0.4, -0.2) is 27.1 Å². The lowest BCUT2D eigenvalue weighted by Gasteiger charge is -2.36. The average Bonchev–Trinajstić information content (AvgIpc) is 3.16. The molecule has 0 saturated carbocycles. The van der Waals surface area contributed by atoms with Crippen molar-refractivity contribution in [2.24, 2.45) is 0 Å². The summed E-state index contributed by atoms with van der Waals surface area (Å²) in [6.45, 7) is 4.43. The molecule has 0 N–H and O–H groups in total. The maximum Gasteiger partial charge on any atom is 0.332 e. The van der Waals surface area contributed by atoms with Gasteiger partial charge in [-0.2, -0.15) is 0 Å². The second-order valence-corrected chi connectivity index (χ2v) is 10.6. The van der Waals surface area contributed by atoms with Gasteiger partial charge < -0.3 is 4.74 Å². The Hall–Kier alpha value is -2.51. The van der Waals surface area contributed by atoms with Crippen LogP contribution in [0.3, 0.4) is 0 Å². The number of nitrogens with zero attached hydrogens (tertiary/aromatic N) is 2. The second kappa shape index (κ2) is 8.12. The number of aromatic nitrogens is 2. The monoisotopic (exact) mass is 452 g/mol. The number of carbonyl (C=O) groups is 1. The molecule has 168 valence electrons. The minimum absolute atomic E-state index is 0.0639. The molecule has 5 rings (SSSR count). The molecule has 0 spiro atoms. The molecule has 1 fully saturated rings. The Morgan fingerprint density at radius 2 is 1.91 bits per heavy atom. The fourth-order valence-electron chi connectivity index (χ4n) is 5.13. The third-order valence-corrected chi connectivity index (χ3v) is 8.02. The molecule has 6 nitrogen and oxygen atoms in total. The Morgan fingerprint density at radius 3 is 2.66 bits per heavy atom. The van der Waals surface area contributed by atoms with Crippen LogP contribution in [0.15, 0.2) is 39.9 Å². The van der Waals surface area contributed by atoms with E-state index in [1.807, 2.05) is 32.0 Å². The first kappa shape index (κ1) is 21.3. The fraction of sp³-hybridized carbons (Fsp3) is 0.480. The number of aryl methyl sites for hydroxylation is 2. The lowest BCUT2D eigenvalue weighted by atomic mass is 9.93. The second-order valence-electron chi connectivity index (χ2n) is 9.48. The predicted octanol–water partition coefficient (Wildman–Crippen LogP) is 4.12. The Labute approximate surface area is 190 Å². The predicted molar refractivity (Wildman–Crippen MR) is 126 cm³/mol. The van der Waals surface area contributed by atoms with E-state index in [9.17, 15) is 14.4 Å². The first-order valence-corrected chi connectivity index (χ1v) is 12.2. The number of ether oxygens (including phenoxy) is 1. The molecule has 0 bridgehead atoms. The topological polar surface area (TPSA) is 70.3 Å². The van der Waals surface area contributed by atoms with Crippen LogP contribution in [0.1, 0.15) is 66.4 Å². The molecule has 1 saturated heterocycles. The zero-order valence-corrected chi connectivity index (χ0v) is 19.4. The highest BCUT2D eigenvalue weighted by Crippen LogP contribution is 2.35. The number of hydrogen-bond donors (Lipinski definition) is 0. The molecule has 32 heavy (non-hydrogen) atoms. The number of hydrogen-bond acceptors (Lipinski definition) is 5. The van der Waals surface area contributed by atoms with Gasteiger partial charge >= 0.3 is 5.69 Å². The number of benzene rings is 1. The third-order valence-electron chi connectivity index (χ3n) is 6.70. The van der Waals surface area contributed by atoms with Gasteiger partial charge in [0, 0.05) is 23.1 Å². The van der Waals surface area contributed by atoms with Gasteiger partial charge in [0.15, 0.2) is 5.78 Å². The smallest absolute Gasteiger partial charge is 0.332 e. The number of ketones is 1. The van der Waals surface area contributed by atoms with Gasteiger partial charge in [-0.3, -0.25) is 18.7 Å². The minimum Gasteiger partial charge on any atom is -0.375 e. The molecule has 1 atom stereocenters. The molecule has 2 aromatic heterocycles. The van der Waals surface area contributed by atoms with Crippen LogP contribution in [0.5, 0.6) is 0 Å². The number of rotatable bonds is 4. The van der Waals surface area contributed by atoms with Crippen molar-refractivity contribution in [2.75, 3.05) is 6.61 Å². The van der Waals surface area contributed by atoms with Crippen molar-refractivity contribution >= 4 is 27.3 Å². The maximum atomic E-state index is 13.7. The molecule has 1 aromatic carbocycles. The molecular weight excluding hydrogens is 424 g/mol. The van der Waals surface area contributed by atoms with E-state index in [4.69, 9.17) is 4.74 Å². The van der Waals surface area contributed by atoms with E-state index in [1.54, 1.807) is 16.7 Å². The van der Waals surface area contributed by atoms with Crippen LogP contribution in [0.25, 0.3) is 10.2 Å². The molecule has 1 aliphatic carbocycles.